The minimum absolute atomic E-state index is 0.0909. The van der Waals surface area contributed by atoms with Crippen molar-refractivity contribution in [2.45, 2.75) is 0 Å². The van der Waals surface area contributed by atoms with Gasteiger partial charge >= 0.3 is 11.2 Å². The Morgan fingerprint density at radius 3 is 2.23 bits per heavy atom. The van der Waals surface area contributed by atoms with Gasteiger partial charge in [0, 0.05) is 0 Å². The van der Waals surface area contributed by atoms with Crippen molar-refractivity contribution in [3.63, 3.8) is 0 Å². The molecule has 1 heterocycles. The minimum atomic E-state index is -1.16. The molecule has 0 bridgehead atoms. The average molecular weight is 364 g/mol. The van der Waals surface area contributed by atoms with Gasteiger partial charge in [-0.25, -0.2) is 0 Å². The van der Waals surface area contributed by atoms with Crippen LogP contribution in [0.1, 0.15) is 11.4 Å². The van der Waals surface area contributed by atoms with Crippen molar-refractivity contribution >= 4 is 23.5 Å². The van der Waals surface area contributed by atoms with Gasteiger partial charge in [0.25, 0.3) is 11.6 Å². The van der Waals surface area contributed by atoms with Crippen molar-refractivity contribution in [3.8, 4) is 17.4 Å². The van der Waals surface area contributed by atoms with E-state index in [0.29, 0.717) is 0 Å². The monoisotopic (exact) mass is 364 g/mol. The number of H-pyrrole nitrogens is 1. The summed E-state index contributed by atoms with van der Waals surface area (Å²) in [5.74, 6) is -0.927. The molecule has 26 heavy (non-hydrogen) atoms. The maximum atomic E-state index is 11.6. The topological polar surface area (TPSA) is 171 Å². The molecular formula is C14H12N4O8. The second-order valence-electron chi connectivity index (χ2n) is 4.74. The van der Waals surface area contributed by atoms with E-state index < -0.39 is 27.0 Å². The van der Waals surface area contributed by atoms with Gasteiger partial charge in [0.05, 0.1) is 35.7 Å². The fourth-order valence-electron chi connectivity index (χ4n) is 2.06. The van der Waals surface area contributed by atoms with Gasteiger partial charge < -0.3 is 19.6 Å². The van der Waals surface area contributed by atoms with E-state index in [4.69, 9.17) is 9.47 Å². The number of aromatic hydroxyl groups is 1. The maximum absolute atomic E-state index is 11.6. The molecule has 0 atom stereocenters. The van der Waals surface area contributed by atoms with Crippen LogP contribution in [-0.2, 0) is 0 Å². The Hall–Kier alpha value is -3.96. The Bertz CT molecular complexity index is 966. The van der Waals surface area contributed by atoms with Gasteiger partial charge in [0.2, 0.25) is 0 Å². The van der Waals surface area contributed by atoms with E-state index in [-0.39, 0.29) is 28.6 Å². The van der Waals surface area contributed by atoms with Crippen LogP contribution in [0.3, 0.4) is 0 Å². The number of nitro groups is 2. The molecule has 0 amide bonds. The highest BCUT2D eigenvalue weighted by Gasteiger charge is 2.22. The van der Waals surface area contributed by atoms with Crippen molar-refractivity contribution in [3.05, 3.63) is 54.1 Å². The van der Waals surface area contributed by atoms with E-state index >= 15 is 0 Å². The Kier molecular flexibility index (Phi) is 5.15. The number of hydrogen-bond acceptors (Lipinski definition) is 9. The smallest absolute Gasteiger partial charge is 0.395 e. The van der Waals surface area contributed by atoms with E-state index in [1.54, 1.807) is 0 Å². The Morgan fingerprint density at radius 2 is 1.73 bits per heavy atom. The lowest BCUT2D eigenvalue weighted by Gasteiger charge is -2.08. The maximum Gasteiger partial charge on any atom is 0.395 e. The lowest BCUT2D eigenvalue weighted by Crippen LogP contribution is -2.14. The molecule has 2 N–H and O–H groups in total. The number of nitrogens with zero attached hydrogens (tertiary/aromatic N) is 3. The van der Waals surface area contributed by atoms with E-state index in [1.807, 2.05) is 0 Å². The quantitative estimate of drug-likeness (QED) is 0.569. The summed E-state index contributed by atoms with van der Waals surface area (Å²) in [4.78, 5) is 37.3. The highest BCUT2D eigenvalue weighted by Crippen LogP contribution is 2.35. The molecule has 0 aliphatic heterocycles. The fraction of sp³-hybridized carbons (Fsp3) is 0.143. The van der Waals surface area contributed by atoms with Crippen molar-refractivity contribution in [1.29, 1.82) is 0 Å². The van der Waals surface area contributed by atoms with Gasteiger partial charge in [-0.15, -0.1) is 0 Å². The first-order valence-corrected chi connectivity index (χ1v) is 6.84. The van der Waals surface area contributed by atoms with Crippen LogP contribution in [0.5, 0.6) is 17.4 Å². The third-order valence-electron chi connectivity index (χ3n) is 3.23. The average Bonchev–Trinajstić information content (AvgIpc) is 2.57. The zero-order valence-electron chi connectivity index (χ0n) is 13.5. The van der Waals surface area contributed by atoms with Crippen molar-refractivity contribution in [2.24, 2.45) is 0 Å². The molecular weight excluding hydrogens is 352 g/mol. The molecule has 0 aliphatic carbocycles. The summed E-state index contributed by atoms with van der Waals surface area (Å²) < 4.78 is 10.1. The zero-order valence-corrected chi connectivity index (χ0v) is 13.5. The van der Waals surface area contributed by atoms with Gasteiger partial charge in [-0.05, 0) is 18.2 Å². The summed E-state index contributed by atoms with van der Waals surface area (Å²) >= 11 is 0. The molecule has 1 aromatic heterocycles. The molecule has 0 unspecified atom stereocenters. The molecule has 136 valence electrons. The molecule has 0 fully saturated rings. The second-order valence-corrected chi connectivity index (χ2v) is 4.74. The predicted octanol–water partition coefficient (Wildman–Crippen LogP) is 1.48. The molecule has 2 aromatic rings. The molecule has 2 rings (SSSR count). The van der Waals surface area contributed by atoms with Crippen molar-refractivity contribution < 1.29 is 24.4 Å². The van der Waals surface area contributed by atoms with Crippen LogP contribution in [0, 0.1) is 20.2 Å². The van der Waals surface area contributed by atoms with Gasteiger partial charge in [0.1, 0.15) is 5.82 Å². The van der Waals surface area contributed by atoms with Crippen LogP contribution in [0.25, 0.3) is 12.2 Å². The van der Waals surface area contributed by atoms with E-state index in [0.717, 1.165) is 12.1 Å². The number of methoxy groups -OCH3 is 2. The first-order chi connectivity index (χ1) is 12.3. The molecule has 0 saturated heterocycles. The fourth-order valence-corrected chi connectivity index (χ4v) is 2.06. The first-order valence-electron chi connectivity index (χ1n) is 6.84. The van der Waals surface area contributed by atoms with E-state index in [9.17, 15) is 30.1 Å². The molecule has 0 spiro atoms. The number of aromatic nitrogens is 2. The number of nitro benzene ring substituents is 1. The first kappa shape index (κ1) is 18.4. The van der Waals surface area contributed by atoms with Crippen LogP contribution < -0.4 is 15.0 Å². The highest BCUT2D eigenvalue weighted by atomic mass is 16.6. The Morgan fingerprint density at radius 1 is 1.12 bits per heavy atom. The summed E-state index contributed by atoms with van der Waals surface area (Å²) in [7, 11) is 2.68. The molecule has 0 saturated carbocycles. The molecule has 1 aromatic carbocycles. The van der Waals surface area contributed by atoms with Crippen LogP contribution in [0.15, 0.2) is 16.9 Å². The summed E-state index contributed by atoms with van der Waals surface area (Å²) in [6.07, 6.45) is 2.36. The largest absolute Gasteiger partial charge is 0.493 e. The summed E-state index contributed by atoms with van der Waals surface area (Å²) in [5, 5.41) is 31.3. The van der Waals surface area contributed by atoms with Gasteiger partial charge in [-0.1, -0.05) is 0 Å². The van der Waals surface area contributed by atoms with E-state index in [2.05, 4.69) is 9.97 Å². The lowest BCUT2D eigenvalue weighted by molar-refractivity contribution is -0.387. The number of ether oxygens (including phenoxy) is 2. The third kappa shape index (κ3) is 3.58. The standard InChI is InChI=1S/C14H12N4O8/c1-25-9-5-7(8(17(21)22)6-10(9)26-2)3-4-11-15-13(19)12(18(23)24)14(20)16-11/h3-6H,1-2H3,(H2,15,16,19,20). The number of hydrogen-bond donors (Lipinski definition) is 2. The second kappa shape index (κ2) is 7.29. The van der Waals surface area contributed by atoms with Crippen LogP contribution in [0.2, 0.25) is 0 Å². The number of aromatic amines is 1. The number of rotatable bonds is 6. The molecule has 12 nitrogen and oxygen atoms in total. The predicted molar refractivity (Wildman–Crippen MR) is 88.3 cm³/mol. The molecule has 0 aliphatic rings. The van der Waals surface area contributed by atoms with Gasteiger partial charge in [0.15, 0.2) is 11.5 Å². The van der Waals surface area contributed by atoms with Crippen LogP contribution in [-0.4, -0.2) is 39.1 Å². The van der Waals surface area contributed by atoms with Gasteiger partial charge in [-0.3, -0.25) is 25.0 Å². The zero-order chi connectivity index (χ0) is 19.4. The van der Waals surface area contributed by atoms with E-state index in [1.165, 1.54) is 26.4 Å². The minimum Gasteiger partial charge on any atom is -0.493 e. The molecule has 12 heteroatoms. The summed E-state index contributed by atoms with van der Waals surface area (Å²) in [5.41, 5.74) is -2.48. The Balaban J connectivity index is 2.52. The van der Waals surface area contributed by atoms with Crippen molar-refractivity contribution in [2.75, 3.05) is 14.2 Å². The van der Waals surface area contributed by atoms with Crippen molar-refractivity contribution in [1.82, 2.24) is 9.97 Å². The SMILES string of the molecule is COc1cc(C=Cc2nc(O)c([N+](=O)[O-])c(=O)[nH]2)c([N+](=O)[O-])cc1OC. The third-order valence-corrected chi connectivity index (χ3v) is 3.23. The normalized spacial score (nSPS) is 10.7. The lowest BCUT2D eigenvalue weighted by atomic mass is 10.1. The highest BCUT2D eigenvalue weighted by molar-refractivity contribution is 5.75. The van der Waals surface area contributed by atoms with Crippen LogP contribution in [0.4, 0.5) is 11.4 Å². The number of benzene rings is 1. The van der Waals surface area contributed by atoms with Gasteiger partial charge in [-0.2, -0.15) is 4.98 Å². The summed E-state index contributed by atoms with van der Waals surface area (Å²) in [6, 6.07) is 2.48. The summed E-state index contributed by atoms with van der Waals surface area (Å²) in [6.45, 7) is 0. The van der Waals surface area contributed by atoms with Crippen LogP contribution >= 0.6 is 0 Å². The number of nitrogens with one attached hydrogen (secondary N) is 1. The molecule has 0 radical (unpaired) electrons. The Labute approximate surface area is 144 Å².